The zero-order valence-electron chi connectivity index (χ0n) is 14.3. The average Bonchev–Trinajstić information content (AvgIpc) is 3.04. The van der Waals surface area contributed by atoms with E-state index < -0.39 is 17.8 Å². The molecule has 134 valence electrons. The van der Waals surface area contributed by atoms with Crippen LogP contribution in [-0.4, -0.2) is 14.6 Å². The van der Waals surface area contributed by atoms with Gasteiger partial charge in [0.15, 0.2) is 0 Å². The summed E-state index contributed by atoms with van der Waals surface area (Å²) in [5.41, 5.74) is 0.401. The lowest BCUT2D eigenvalue weighted by molar-refractivity contribution is -0.138. The maximum Gasteiger partial charge on any atom is 0.416 e. The van der Waals surface area contributed by atoms with E-state index in [4.69, 9.17) is 0 Å². The summed E-state index contributed by atoms with van der Waals surface area (Å²) in [5.74, 6) is 0. The van der Waals surface area contributed by atoms with E-state index in [1.165, 1.54) is 23.5 Å². The Morgan fingerprint density at radius 1 is 1.16 bits per heavy atom. The van der Waals surface area contributed by atoms with Gasteiger partial charge in [0.05, 0.1) is 23.5 Å². The van der Waals surface area contributed by atoms with Crippen LogP contribution >= 0.6 is 11.3 Å². The Labute approximate surface area is 147 Å². The van der Waals surface area contributed by atoms with Crippen molar-refractivity contribution < 1.29 is 13.2 Å². The zero-order valence-corrected chi connectivity index (χ0v) is 15.2. The molecule has 0 aliphatic rings. The molecule has 1 atom stereocenters. The van der Waals surface area contributed by atoms with Crippen molar-refractivity contribution >= 4 is 21.4 Å². The number of imidazole rings is 1. The number of alkyl halides is 3. The van der Waals surface area contributed by atoms with Crippen LogP contribution in [-0.2, 0) is 11.6 Å². The fourth-order valence-electron chi connectivity index (χ4n) is 2.52. The van der Waals surface area contributed by atoms with E-state index >= 15 is 0 Å². The summed E-state index contributed by atoms with van der Waals surface area (Å²) in [6, 6.07) is 5.04. The largest absolute Gasteiger partial charge is 0.416 e. The molecule has 25 heavy (non-hydrogen) atoms. The van der Waals surface area contributed by atoms with Crippen LogP contribution in [0.1, 0.15) is 50.6 Å². The molecule has 2 aromatic heterocycles. The lowest BCUT2D eigenvalue weighted by Gasteiger charge is -2.18. The first-order valence-corrected chi connectivity index (χ1v) is 8.67. The highest BCUT2D eigenvalue weighted by Gasteiger charge is 2.34. The molecule has 3 aromatic rings. The SMILES string of the molecule is C[C@H](Nc1nn2cc(C(C)(C)C)nc2s1)c1ccccc1C(F)(F)F. The van der Waals surface area contributed by atoms with Crippen molar-refractivity contribution in [3.63, 3.8) is 0 Å². The molecule has 3 rings (SSSR count). The second kappa shape index (κ2) is 6.01. The van der Waals surface area contributed by atoms with Crippen LogP contribution in [0.3, 0.4) is 0 Å². The fraction of sp³-hybridized carbons (Fsp3) is 0.412. The molecule has 0 radical (unpaired) electrons. The first-order valence-electron chi connectivity index (χ1n) is 7.85. The van der Waals surface area contributed by atoms with Crippen LogP contribution in [0.15, 0.2) is 30.5 Å². The predicted molar refractivity (Wildman–Crippen MR) is 93.0 cm³/mol. The van der Waals surface area contributed by atoms with Gasteiger partial charge in [-0.15, -0.1) is 5.10 Å². The van der Waals surface area contributed by atoms with Gasteiger partial charge in [0.2, 0.25) is 10.1 Å². The van der Waals surface area contributed by atoms with Gasteiger partial charge >= 0.3 is 6.18 Å². The molecule has 0 aliphatic carbocycles. The molecule has 4 nitrogen and oxygen atoms in total. The molecular formula is C17H19F3N4S. The van der Waals surface area contributed by atoms with Gasteiger partial charge < -0.3 is 5.32 Å². The number of nitrogens with zero attached hydrogens (tertiary/aromatic N) is 3. The van der Waals surface area contributed by atoms with Crippen LogP contribution in [0.25, 0.3) is 4.96 Å². The Morgan fingerprint density at radius 3 is 2.44 bits per heavy atom. The third-order valence-corrected chi connectivity index (χ3v) is 4.74. The second-order valence-electron chi connectivity index (χ2n) is 6.96. The lowest BCUT2D eigenvalue weighted by Crippen LogP contribution is -2.15. The Balaban J connectivity index is 1.86. The molecule has 0 unspecified atom stereocenters. The molecule has 0 spiro atoms. The minimum Gasteiger partial charge on any atom is -0.354 e. The molecule has 0 amide bonds. The fourth-order valence-corrected chi connectivity index (χ4v) is 3.38. The van der Waals surface area contributed by atoms with Crippen LogP contribution in [0, 0.1) is 0 Å². The molecule has 8 heteroatoms. The van der Waals surface area contributed by atoms with E-state index in [1.54, 1.807) is 17.5 Å². The molecule has 0 saturated carbocycles. The standard InChI is InChI=1S/C17H19F3N4S/c1-10(11-7-5-6-8-12(11)17(18,19)20)21-14-23-24-9-13(16(2,3)4)22-15(24)25-14/h5-10H,1-4H3,(H,21,23)/t10-/m0/s1. The van der Waals surface area contributed by atoms with Crippen LogP contribution in [0.5, 0.6) is 0 Å². The van der Waals surface area contributed by atoms with E-state index in [9.17, 15) is 13.2 Å². The Bertz CT molecular complexity index is 858. The van der Waals surface area contributed by atoms with E-state index in [-0.39, 0.29) is 11.0 Å². The van der Waals surface area contributed by atoms with Crippen LogP contribution in [0.2, 0.25) is 0 Å². The number of aromatic nitrogens is 3. The maximum atomic E-state index is 13.2. The lowest BCUT2D eigenvalue weighted by atomic mass is 9.93. The summed E-state index contributed by atoms with van der Waals surface area (Å²) in [7, 11) is 0. The monoisotopic (exact) mass is 368 g/mol. The summed E-state index contributed by atoms with van der Waals surface area (Å²) in [6.07, 6.45) is -2.53. The first-order chi connectivity index (χ1) is 11.6. The van der Waals surface area contributed by atoms with Crippen molar-refractivity contribution in [3.05, 3.63) is 47.3 Å². The minimum atomic E-state index is -4.38. The number of rotatable bonds is 3. The van der Waals surface area contributed by atoms with Crippen molar-refractivity contribution in [2.45, 2.75) is 45.3 Å². The molecule has 0 saturated heterocycles. The summed E-state index contributed by atoms with van der Waals surface area (Å²) >= 11 is 1.32. The number of halogens is 3. The van der Waals surface area contributed by atoms with Crippen molar-refractivity contribution in [2.24, 2.45) is 0 Å². The van der Waals surface area contributed by atoms with E-state index in [0.717, 1.165) is 11.8 Å². The van der Waals surface area contributed by atoms with Gasteiger partial charge in [-0.3, -0.25) is 0 Å². The molecule has 1 N–H and O–H groups in total. The Morgan fingerprint density at radius 2 is 1.84 bits per heavy atom. The number of hydrogen-bond acceptors (Lipinski definition) is 4. The smallest absolute Gasteiger partial charge is 0.354 e. The highest BCUT2D eigenvalue weighted by atomic mass is 32.1. The van der Waals surface area contributed by atoms with Gasteiger partial charge in [-0.2, -0.15) is 13.2 Å². The van der Waals surface area contributed by atoms with E-state index in [1.807, 2.05) is 6.20 Å². The highest BCUT2D eigenvalue weighted by molar-refractivity contribution is 7.20. The first kappa shape index (κ1) is 17.7. The van der Waals surface area contributed by atoms with Gasteiger partial charge in [-0.1, -0.05) is 50.3 Å². The molecule has 0 bridgehead atoms. The zero-order chi connectivity index (χ0) is 18.4. The van der Waals surface area contributed by atoms with E-state index in [2.05, 4.69) is 36.2 Å². The molecule has 0 aliphatic heterocycles. The third kappa shape index (κ3) is 3.63. The molecule has 0 fully saturated rings. The number of hydrogen-bond donors (Lipinski definition) is 1. The van der Waals surface area contributed by atoms with E-state index in [0.29, 0.717) is 10.1 Å². The van der Waals surface area contributed by atoms with Crippen LogP contribution < -0.4 is 5.32 Å². The average molecular weight is 368 g/mol. The van der Waals surface area contributed by atoms with Crippen molar-refractivity contribution in [1.82, 2.24) is 14.6 Å². The Hall–Kier alpha value is -2.09. The molecular weight excluding hydrogens is 349 g/mol. The van der Waals surface area contributed by atoms with Crippen molar-refractivity contribution in [2.75, 3.05) is 5.32 Å². The maximum absolute atomic E-state index is 13.2. The third-order valence-electron chi connectivity index (χ3n) is 3.88. The van der Waals surface area contributed by atoms with Crippen molar-refractivity contribution in [3.8, 4) is 0 Å². The van der Waals surface area contributed by atoms with Gasteiger partial charge in [-0.05, 0) is 18.6 Å². The number of benzene rings is 1. The number of nitrogens with one attached hydrogen (secondary N) is 1. The second-order valence-corrected chi connectivity index (χ2v) is 7.92. The highest BCUT2D eigenvalue weighted by Crippen LogP contribution is 2.36. The van der Waals surface area contributed by atoms with Crippen molar-refractivity contribution in [1.29, 1.82) is 0 Å². The number of fused-ring (bicyclic) bond motifs is 1. The van der Waals surface area contributed by atoms with Gasteiger partial charge in [0, 0.05) is 5.41 Å². The Kier molecular flexibility index (Phi) is 4.26. The summed E-state index contributed by atoms with van der Waals surface area (Å²) in [6.45, 7) is 7.88. The minimum absolute atomic E-state index is 0.0834. The summed E-state index contributed by atoms with van der Waals surface area (Å²) < 4.78 is 41.2. The van der Waals surface area contributed by atoms with Crippen LogP contribution in [0.4, 0.5) is 18.3 Å². The van der Waals surface area contributed by atoms with Gasteiger partial charge in [-0.25, -0.2) is 9.50 Å². The van der Waals surface area contributed by atoms with Gasteiger partial charge in [0.1, 0.15) is 0 Å². The summed E-state index contributed by atoms with van der Waals surface area (Å²) in [5, 5.41) is 7.97. The predicted octanol–water partition coefficient (Wildman–Crippen LogP) is 5.28. The normalized spacial score (nSPS) is 14.0. The summed E-state index contributed by atoms with van der Waals surface area (Å²) in [4.78, 5) is 5.25. The molecule has 2 heterocycles. The van der Waals surface area contributed by atoms with Gasteiger partial charge in [0.25, 0.3) is 0 Å². The number of anilines is 1. The topological polar surface area (TPSA) is 42.2 Å². The molecule has 1 aromatic carbocycles. The quantitative estimate of drug-likeness (QED) is 0.684.